The molecule has 19 heavy (non-hydrogen) atoms. The zero-order valence-corrected chi connectivity index (χ0v) is 10.9. The third-order valence-electron chi connectivity index (χ3n) is 2.73. The van der Waals surface area contributed by atoms with E-state index in [2.05, 4.69) is 6.92 Å². The van der Waals surface area contributed by atoms with E-state index >= 15 is 0 Å². The molecule has 0 bridgehead atoms. The number of benzene rings is 1. The van der Waals surface area contributed by atoms with Gasteiger partial charge < -0.3 is 4.74 Å². The molecular formula is C14H16F3NO. The number of hydrogen-bond donors (Lipinski definition) is 0. The Morgan fingerprint density at radius 1 is 1.37 bits per heavy atom. The first-order valence-corrected chi connectivity index (χ1v) is 6.12. The van der Waals surface area contributed by atoms with Crippen LogP contribution in [0.3, 0.4) is 0 Å². The fraction of sp³-hybridized carbons (Fsp3) is 0.500. The minimum Gasteiger partial charge on any atom is -0.492 e. The van der Waals surface area contributed by atoms with Crippen LogP contribution in [0.5, 0.6) is 5.75 Å². The molecule has 0 amide bonds. The zero-order chi connectivity index (χ0) is 14.5. The van der Waals surface area contributed by atoms with Gasteiger partial charge in [-0.2, -0.15) is 18.4 Å². The van der Waals surface area contributed by atoms with Crippen LogP contribution in [-0.2, 0) is 6.18 Å². The summed E-state index contributed by atoms with van der Waals surface area (Å²) < 4.78 is 42.9. The van der Waals surface area contributed by atoms with E-state index in [1.807, 2.05) is 6.92 Å². The van der Waals surface area contributed by atoms with Crippen molar-refractivity contribution in [1.29, 1.82) is 5.26 Å². The Morgan fingerprint density at radius 2 is 2.05 bits per heavy atom. The van der Waals surface area contributed by atoms with Gasteiger partial charge in [-0.25, -0.2) is 0 Å². The summed E-state index contributed by atoms with van der Waals surface area (Å²) in [4.78, 5) is 0. The SMILES string of the molecule is CCCC(C)COc1ccc(C(F)(F)F)cc1C#N. The maximum absolute atomic E-state index is 12.5. The fourth-order valence-electron chi connectivity index (χ4n) is 1.73. The minimum atomic E-state index is -4.44. The molecule has 0 saturated heterocycles. The van der Waals surface area contributed by atoms with Gasteiger partial charge in [-0.05, 0) is 30.5 Å². The molecule has 1 atom stereocenters. The maximum Gasteiger partial charge on any atom is 0.416 e. The van der Waals surface area contributed by atoms with E-state index in [1.165, 1.54) is 6.07 Å². The molecule has 0 aliphatic carbocycles. The second kappa shape index (κ2) is 6.46. The molecule has 0 fully saturated rings. The van der Waals surface area contributed by atoms with Gasteiger partial charge in [0.25, 0.3) is 0 Å². The van der Waals surface area contributed by atoms with E-state index in [1.54, 1.807) is 6.07 Å². The summed E-state index contributed by atoms with van der Waals surface area (Å²) in [6, 6.07) is 4.70. The molecule has 0 saturated carbocycles. The minimum absolute atomic E-state index is 0.0847. The molecule has 0 aliphatic heterocycles. The molecular weight excluding hydrogens is 255 g/mol. The molecule has 0 aliphatic rings. The van der Waals surface area contributed by atoms with Crippen molar-refractivity contribution in [3.8, 4) is 11.8 Å². The van der Waals surface area contributed by atoms with Crippen molar-refractivity contribution < 1.29 is 17.9 Å². The van der Waals surface area contributed by atoms with Crippen molar-refractivity contribution in [3.63, 3.8) is 0 Å². The second-order valence-corrected chi connectivity index (χ2v) is 4.53. The van der Waals surface area contributed by atoms with Gasteiger partial charge >= 0.3 is 6.18 Å². The average Bonchev–Trinajstić information content (AvgIpc) is 2.35. The number of rotatable bonds is 5. The molecule has 0 N–H and O–H groups in total. The van der Waals surface area contributed by atoms with Gasteiger partial charge in [0.2, 0.25) is 0 Å². The van der Waals surface area contributed by atoms with Crippen LogP contribution in [0.4, 0.5) is 13.2 Å². The summed E-state index contributed by atoms with van der Waals surface area (Å²) in [5.74, 6) is 0.511. The second-order valence-electron chi connectivity index (χ2n) is 4.53. The van der Waals surface area contributed by atoms with Crippen LogP contribution >= 0.6 is 0 Å². The highest BCUT2D eigenvalue weighted by Crippen LogP contribution is 2.32. The lowest BCUT2D eigenvalue weighted by Gasteiger charge is -2.14. The molecule has 2 nitrogen and oxygen atoms in total. The van der Waals surface area contributed by atoms with Crippen molar-refractivity contribution in [2.75, 3.05) is 6.61 Å². The smallest absolute Gasteiger partial charge is 0.416 e. The van der Waals surface area contributed by atoms with Crippen LogP contribution < -0.4 is 4.74 Å². The van der Waals surface area contributed by atoms with Gasteiger partial charge in [0.15, 0.2) is 0 Å². The number of nitriles is 1. The molecule has 0 aromatic heterocycles. The molecule has 1 aromatic rings. The quantitative estimate of drug-likeness (QED) is 0.795. The lowest BCUT2D eigenvalue weighted by Crippen LogP contribution is -2.10. The molecule has 1 aromatic carbocycles. The highest BCUT2D eigenvalue weighted by Gasteiger charge is 2.31. The van der Waals surface area contributed by atoms with Gasteiger partial charge in [0, 0.05) is 0 Å². The van der Waals surface area contributed by atoms with E-state index < -0.39 is 11.7 Å². The predicted octanol–water partition coefficient (Wildman–Crippen LogP) is 4.39. The zero-order valence-electron chi connectivity index (χ0n) is 10.9. The Balaban J connectivity index is 2.83. The molecule has 0 spiro atoms. The van der Waals surface area contributed by atoms with Crippen molar-refractivity contribution in [1.82, 2.24) is 0 Å². The van der Waals surface area contributed by atoms with Crippen molar-refractivity contribution in [3.05, 3.63) is 29.3 Å². The number of alkyl halides is 3. The molecule has 5 heteroatoms. The summed E-state index contributed by atoms with van der Waals surface area (Å²) in [6.45, 7) is 4.45. The molecule has 104 valence electrons. The standard InChI is InChI=1S/C14H16F3NO/c1-3-4-10(2)9-19-13-6-5-12(14(15,16)17)7-11(13)8-18/h5-7,10H,3-4,9H2,1-2H3. The third kappa shape index (κ3) is 4.47. The largest absolute Gasteiger partial charge is 0.492 e. The number of halogens is 3. The molecule has 0 radical (unpaired) electrons. The highest BCUT2D eigenvalue weighted by atomic mass is 19.4. The summed E-state index contributed by atoms with van der Waals surface area (Å²) >= 11 is 0. The third-order valence-corrected chi connectivity index (χ3v) is 2.73. The first kappa shape index (κ1) is 15.4. The Kier molecular flexibility index (Phi) is 5.22. The van der Waals surface area contributed by atoms with Crippen LogP contribution in [0.15, 0.2) is 18.2 Å². The van der Waals surface area contributed by atoms with E-state index in [0.717, 1.165) is 25.0 Å². The molecule has 0 heterocycles. The summed E-state index contributed by atoms with van der Waals surface area (Å²) in [7, 11) is 0. The lowest BCUT2D eigenvalue weighted by molar-refractivity contribution is -0.137. The molecule has 1 rings (SSSR count). The van der Waals surface area contributed by atoms with Crippen molar-refractivity contribution in [2.24, 2.45) is 5.92 Å². The Morgan fingerprint density at radius 3 is 2.58 bits per heavy atom. The Bertz CT molecular complexity index is 463. The van der Waals surface area contributed by atoms with E-state index in [4.69, 9.17) is 10.00 Å². The number of hydrogen-bond acceptors (Lipinski definition) is 2. The predicted molar refractivity (Wildman–Crippen MR) is 65.7 cm³/mol. The van der Waals surface area contributed by atoms with Crippen LogP contribution in [0.1, 0.15) is 37.8 Å². The summed E-state index contributed by atoms with van der Waals surface area (Å²) in [6.07, 6.45) is -2.45. The van der Waals surface area contributed by atoms with Crippen molar-refractivity contribution >= 4 is 0 Å². The van der Waals surface area contributed by atoms with E-state index in [9.17, 15) is 13.2 Å². The average molecular weight is 271 g/mol. The van der Waals surface area contributed by atoms with Crippen LogP contribution in [0.25, 0.3) is 0 Å². The fourth-order valence-corrected chi connectivity index (χ4v) is 1.73. The van der Waals surface area contributed by atoms with E-state index in [0.29, 0.717) is 12.5 Å². The first-order valence-electron chi connectivity index (χ1n) is 6.12. The van der Waals surface area contributed by atoms with Crippen LogP contribution in [0, 0.1) is 17.2 Å². The summed E-state index contributed by atoms with van der Waals surface area (Å²) in [5, 5.41) is 8.88. The maximum atomic E-state index is 12.5. The van der Waals surface area contributed by atoms with Crippen molar-refractivity contribution in [2.45, 2.75) is 32.9 Å². The molecule has 1 unspecified atom stereocenters. The normalized spacial score (nSPS) is 12.8. The topological polar surface area (TPSA) is 33.0 Å². The van der Waals surface area contributed by atoms with Gasteiger partial charge in [0.1, 0.15) is 11.8 Å². The van der Waals surface area contributed by atoms with E-state index in [-0.39, 0.29) is 11.3 Å². The van der Waals surface area contributed by atoms with Crippen LogP contribution in [-0.4, -0.2) is 6.61 Å². The Hall–Kier alpha value is -1.70. The van der Waals surface area contributed by atoms with Gasteiger partial charge in [-0.15, -0.1) is 0 Å². The summed E-state index contributed by atoms with van der Waals surface area (Å²) in [5.41, 5.74) is -0.920. The van der Waals surface area contributed by atoms with Gasteiger partial charge in [0.05, 0.1) is 17.7 Å². The van der Waals surface area contributed by atoms with Crippen LogP contribution in [0.2, 0.25) is 0 Å². The van der Waals surface area contributed by atoms with Gasteiger partial charge in [-0.1, -0.05) is 20.3 Å². The number of nitrogens with zero attached hydrogens (tertiary/aromatic N) is 1. The highest BCUT2D eigenvalue weighted by molar-refractivity contribution is 5.46. The number of ether oxygens (including phenoxy) is 1. The first-order chi connectivity index (χ1) is 8.88. The van der Waals surface area contributed by atoms with Gasteiger partial charge in [-0.3, -0.25) is 0 Å². The monoisotopic (exact) mass is 271 g/mol. The Labute approximate surface area is 110 Å². The lowest BCUT2D eigenvalue weighted by atomic mass is 10.1.